The largest absolute Gasteiger partial charge is 0.495 e. The van der Waals surface area contributed by atoms with E-state index in [9.17, 15) is 0 Å². The zero-order valence-electron chi connectivity index (χ0n) is 13.7. The normalized spacial score (nSPS) is 10.2. The second-order valence-electron chi connectivity index (χ2n) is 5.22. The summed E-state index contributed by atoms with van der Waals surface area (Å²) in [6, 6.07) is 13.5. The first kappa shape index (κ1) is 15.7. The number of benzene rings is 1. The van der Waals surface area contributed by atoms with Gasteiger partial charge in [-0.3, -0.25) is 4.98 Å². The summed E-state index contributed by atoms with van der Waals surface area (Å²) < 4.78 is 5.36. The highest BCUT2D eigenvalue weighted by Gasteiger charge is 2.06. The monoisotopic (exact) mass is 321 g/mol. The number of para-hydroxylation sites is 2. The first-order chi connectivity index (χ1) is 11.7. The summed E-state index contributed by atoms with van der Waals surface area (Å²) in [5.41, 5.74) is 2.00. The number of methoxy groups -OCH3 is 1. The Morgan fingerprint density at radius 3 is 2.54 bits per heavy atom. The molecule has 122 valence electrons. The molecule has 3 rings (SSSR count). The van der Waals surface area contributed by atoms with Gasteiger partial charge in [-0.2, -0.15) is 0 Å². The number of nitrogens with zero attached hydrogens (tertiary/aromatic N) is 3. The van der Waals surface area contributed by atoms with Gasteiger partial charge < -0.3 is 15.4 Å². The number of ether oxygens (including phenoxy) is 1. The van der Waals surface area contributed by atoms with Crippen LogP contribution in [0.3, 0.4) is 0 Å². The predicted octanol–water partition coefficient (Wildman–Crippen LogP) is 3.54. The van der Waals surface area contributed by atoms with Crippen molar-refractivity contribution in [2.24, 2.45) is 0 Å². The molecule has 0 spiro atoms. The van der Waals surface area contributed by atoms with Crippen molar-refractivity contribution in [2.75, 3.05) is 17.7 Å². The third kappa shape index (κ3) is 3.98. The number of rotatable bonds is 6. The van der Waals surface area contributed by atoms with Crippen LogP contribution in [0.25, 0.3) is 0 Å². The van der Waals surface area contributed by atoms with E-state index < -0.39 is 0 Å². The van der Waals surface area contributed by atoms with E-state index in [4.69, 9.17) is 4.74 Å². The highest BCUT2D eigenvalue weighted by Crippen LogP contribution is 2.26. The summed E-state index contributed by atoms with van der Waals surface area (Å²) >= 11 is 0. The molecule has 0 bridgehead atoms. The minimum Gasteiger partial charge on any atom is -0.495 e. The van der Waals surface area contributed by atoms with Crippen LogP contribution in [-0.2, 0) is 6.54 Å². The number of anilines is 3. The minimum absolute atomic E-state index is 0.674. The van der Waals surface area contributed by atoms with E-state index in [2.05, 4.69) is 25.6 Å². The minimum atomic E-state index is 0.674. The van der Waals surface area contributed by atoms with E-state index >= 15 is 0 Å². The third-order valence-corrected chi connectivity index (χ3v) is 3.43. The van der Waals surface area contributed by atoms with Crippen LogP contribution in [0.2, 0.25) is 0 Å². The highest BCUT2D eigenvalue weighted by molar-refractivity contribution is 5.65. The zero-order valence-corrected chi connectivity index (χ0v) is 13.7. The van der Waals surface area contributed by atoms with Crippen LogP contribution in [-0.4, -0.2) is 22.1 Å². The second-order valence-corrected chi connectivity index (χ2v) is 5.22. The van der Waals surface area contributed by atoms with Gasteiger partial charge in [0.05, 0.1) is 12.8 Å². The molecule has 0 aliphatic carbocycles. The van der Waals surface area contributed by atoms with Crippen molar-refractivity contribution in [3.05, 3.63) is 66.2 Å². The summed E-state index contributed by atoms with van der Waals surface area (Å²) in [5.74, 6) is 2.92. The summed E-state index contributed by atoms with van der Waals surface area (Å²) in [4.78, 5) is 12.9. The van der Waals surface area contributed by atoms with Gasteiger partial charge >= 0.3 is 0 Å². The van der Waals surface area contributed by atoms with Gasteiger partial charge in [-0.25, -0.2) is 9.97 Å². The fourth-order valence-corrected chi connectivity index (χ4v) is 2.30. The SMILES string of the molecule is COc1ccccc1Nc1cc(NCc2ccncc2)nc(C)n1. The van der Waals surface area contributed by atoms with Crippen LogP contribution in [0.15, 0.2) is 54.9 Å². The van der Waals surface area contributed by atoms with Gasteiger partial charge in [-0.1, -0.05) is 12.1 Å². The number of hydrogen-bond donors (Lipinski definition) is 2. The summed E-state index contributed by atoms with van der Waals surface area (Å²) in [6.45, 7) is 2.54. The van der Waals surface area contributed by atoms with Crippen LogP contribution < -0.4 is 15.4 Å². The maximum Gasteiger partial charge on any atom is 0.142 e. The second kappa shape index (κ2) is 7.41. The van der Waals surface area contributed by atoms with Crippen LogP contribution in [0.1, 0.15) is 11.4 Å². The number of hydrogen-bond acceptors (Lipinski definition) is 6. The van der Waals surface area contributed by atoms with Crippen molar-refractivity contribution < 1.29 is 4.74 Å². The van der Waals surface area contributed by atoms with Gasteiger partial charge in [0.1, 0.15) is 23.2 Å². The molecule has 0 aliphatic heterocycles. The molecule has 2 heterocycles. The summed E-state index contributed by atoms with van der Waals surface area (Å²) in [5, 5.41) is 6.58. The molecule has 0 saturated carbocycles. The van der Waals surface area contributed by atoms with Crippen molar-refractivity contribution >= 4 is 17.3 Å². The van der Waals surface area contributed by atoms with E-state index in [0.717, 1.165) is 22.8 Å². The Balaban J connectivity index is 1.76. The van der Waals surface area contributed by atoms with Crippen LogP contribution >= 0.6 is 0 Å². The Bertz CT molecular complexity index is 808. The van der Waals surface area contributed by atoms with Crippen molar-refractivity contribution in [3.8, 4) is 5.75 Å². The molecule has 0 amide bonds. The molecule has 3 aromatic rings. The molecule has 0 unspecified atom stereocenters. The Hall–Kier alpha value is -3.15. The lowest BCUT2D eigenvalue weighted by Gasteiger charge is -2.12. The van der Waals surface area contributed by atoms with Gasteiger partial charge in [0, 0.05) is 25.0 Å². The lowest BCUT2D eigenvalue weighted by atomic mass is 10.2. The molecule has 0 atom stereocenters. The van der Waals surface area contributed by atoms with Crippen LogP contribution in [0.4, 0.5) is 17.3 Å². The molecule has 0 aliphatic rings. The van der Waals surface area contributed by atoms with Crippen molar-refractivity contribution in [1.29, 1.82) is 0 Å². The molecule has 0 fully saturated rings. The van der Waals surface area contributed by atoms with E-state index in [1.807, 2.05) is 49.4 Å². The first-order valence-electron chi connectivity index (χ1n) is 7.63. The van der Waals surface area contributed by atoms with Gasteiger partial charge in [0.25, 0.3) is 0 Å². The molecular formula is C18H19N5O. The van der Waals surface area contributed by atoms with Crippen molar-refractivity contribution in [2.45, 2.75) is 13.5 Å². The fourth-order valence-electron chi connectivity index (χ4n) is 2.30. The average molecular weight is 321 g/mol. The van der Waals surface area contributed by atoms with Crippen LogP contribution in [0.5, 0.6) is 5.75 Å². The first-order valence-corrected chi connectivity index (χ1v) is 7.63. The third-order valence-electron chi connectivity index (χ3n) is 3.43. The average Bonchev–Trinajstić information content (AvgIpc) is 2.61. The Labute approximate surface area is 141 Å². The van der Waals surface area contributed by atoms with Crippen molar-refractivity contribution in [1.82, 2.24) is 15.0 Å². The quantitative estimate of drug-likeness (QED) is 0.723. The Morgan fingerprint density at radius 2 is 1.75 bits per heavy atom. The maximum absolute atomic E-state index is 5.36. The maximum atomic E-state index is 5.36. The molecule has 6 nitrogen and oxygen atoms in total. The number of aryl methyl sites for hydroxylation is 1. The lowest BCUT2D eigenvalue weighted by molar-refractivity contribution is 0.417. The Morgan fingerprint density at radius 1 is 1.00 bits per heavy atom. The van der Waals surface area contributed by atoms with Gasteiger partial charge in [0.2, 0.25) is 0 Å². The van der Waals surface area contributed by atoms with E-state index in [-0.39, 0.29) is 0 Å². The number of aromatic nitrogens is 3. The lowest BCUT2D eigenvalue weighted by Crippen LogP contribution is -2.05. The predicted molar refractivity (Wildman–Crippen MR) is 94.6 cm³/mol. The van der Waals surface area contributed by atoms with Gasteiger partial charge in [0.15, 0.2) is 0 Å². The zero-order chi connectivity index (χ0) is 16.8. The smallest absolute Gasteiger partial charge is 0.142 e. The fraction of sp³-hybridized carbons (Fsp3) is 0.167. The molecule has 24 heavy (non-hydrogen) atoms. The van der Waals surface area contributed by atoms with E-state index in [1.54, 1.807) is 19.5 Å². The molecular weight excluding hydrogens is 302 g/mol. The summed E-state index contributed by atoms with van der Waals surface area (Å²) in [6.07, 6.45) is 3.55. The van der Waals surface area contributed by atoms with Gasteiger partial charge in [-0.15, -0.1) is 0 Å². The van der Waals surface area contributed by atoms with Crippen molar-refractivity contribution in [3.63, 3.8) is 0 Å². The topological polar surface area (TPSA) is 72.0 Å². The molecule has 6 heteroatoms. The molecule has 0 radical (unpaired) electrons. The standard InChI is InChI=1S/C18H19N5O/c1-13-21-17(20-12-14-7-9-19-10-8-14)11-18(22-13)23-15-5-3-4-6-16(15)24-2/h3-11H,12H2,1-2H3,(H2,20,21,22,23). The molecule has 2 aromatic heterocycles. The highest BCUT2D eigenvalue weighted by atomic mass is 16.5. The van der Waals surface area contributed by atoms with Gasteiger partial charge in [-0.05, 0) is 36.8 Å². The number of pyridine rings is 1. The number of nitrogens with one attached hydrogen (secondary N) is 2. The van der Waals surface area contributed by atoms with E-state index in [0.29, 0.717) is 18.2 Å². The van der Waals surface area contributed by atoms with Crippen LogP contribution in [0, 0.1) is 6.92 Å². The summed E-state index contributed by atoms with van der Waals surface area (Å²) in [7, 11) is 1.65. The molecule has 1 aromatic carbocycles. The molecule has 2 N–H and O–H groups in total. The van der Waals surface area contributed by atoms with E-state index in [1.165, 1.54) is 0 Å². The Kier molecular flexibility index (Phi) is 4.86. The molecule has 0 saturated heterocycles.